The first-order chi connectivity index (χ1) is 16.5. The maximum Gasteiger partial charge on any atom is 0.156 e. The van der Waals surface area contributed by atoms with Crippen molar-refractivity contribution < 1.29 is 0 Å². The third-order valence-electron chi connectivity index (χ3n) is 6.44. The van der Waals surface area contributed by atoms with Gasteiger partial charge in [-0.15, -0.1) is 0 Å². The van der Waals surface area contributed by atoms with E-state index in [9.17, 15) is 0 Å². The average Bonchev–Trinajstić information content (AvgIpc) is 3.48. The number of hydrogen-bond donors (Lipinski definition) is 2. The van der Waals surface area contributed by atoms with Crippen molar-refractivity contribution in [3.05, 3.63) is 55.2 Å². The first kappa shape index (κ1) is 20.8. The summed E-state index contributed by atoms with van der Waals surface area (Å²) < 4.78 is 2.21. The molecule has 1 aliphatic heterocycles. The SMILES string of the molecule is CC(C)(C)n1cnc2ccc(-c3c[nH]c4ncc(-c5ccnc(N6CCNCC6)c5)nc34)cc21. The molecule has 34 heavy (non-hydrogen) atoms. The van der Waals surface area contributed by atoms with E-state index in [-0.39, 0.29) is 5.54 Å². The van der Waals surface area contributed by atoms with Gasteiger partial charge in [-0.1, -0.05) is 6.07 Å². The molecule has 1 aliphatic rings. The second kappa shape index (κ2) is 7.92. The molecule has 2 N–H and O–H groups in total. The summed E-state index contributed by atoms with van der Waals surface area (Å²) in [7, 11) is 0. The molecule has 0 radical (unpaired) electrons. The molecule has 0 amide bonds. The maximum absolute atomic E-state index is 5.03. The number of imidazole rings is 1. The summed E-state index contributed by atoms with van der Waals surface area (Å²) in [5, 5.41) is 3.39. The van der Waals surface area contributed by atoms with Crippen molar-refractivity contribution in [3.63, 3.8) is 0 Å². The second-order valence-electron chi connectivity index (χ2n) is 9.78. The van der Waals surface area contributed by atoms with Crippen molar-refractivity contribution >= 4 is 28.0 Å². The van der Waals surface area contributed by atoms with E-state index in [1.165, 1.54) is 0 Å². The standard InChI is InChI=1S/C26H28N8/c1-26(2,3)34-16-31-20-5-4-17(12-22(20)34)19-14-29-25-24(19)32-21(15-30-25)18-6-7-28-23(13-18)33-10-8-27-9-11-33/h4-7,12-16,27H,8-11H2,1-3H3,(H,29,30). The highest BCUT2D eigenvalue weighted by molar-refractivity contribution is 5.94. The Morgan fingerprint density at radius 2 is 1.79 bits per heavy atom. The number of aromatic amines is 1. The van der Waals surface area contributed by atoms with Crippen LogP contribution in [-0.4, -0.2) is 55.7 Å². The zero-order chi connectivity index (χ0) is 23.3. The van der Waals surface area contributed by atoms with Crippen molar-refractivity contribution in [1.29, 1.82) is 0 Å². The molecule has 0 atom stereocenters. The number of benzene rings is 1. The number of pyridine rings is 1. The summed E-state index contributed by atoms with van der Waals surface area (Å²) in [6, 6.07) is 10.5. The predicted octanol–water partition coefficient (Wildman–Crippen LogP) is 4.20. The highest BCUT2D eigenvalue weighted by Crippen LogP contribution is 2.32. The zero-order valence-electron chi connectivity index (χ0n) is 19.7. The molecule has 0 bridgehead atoms. The van der Waals surface area contributed by atoms with Gasteiger partial charge in [0, 0.05) is 55.2 Å². The first-order valence-corrected chi connectivity index (χ1v) is 11.7. The van der Waals surface area contributed by atoms with Gasteiger partial charge in [0.15, 0.2) is 5.65 Å². The molecular weight excluding hydrogens is 424 g/mol. The molecule has 1 saturated heterocycles. The van der Waals surface area contributed by atoms with Crippen LogP contribution < -0.4 is 10.2 Å². The number of fused-ring (bicyclic) bond motifs is 2. The predicted molar refractivity (Wildman–Crippen MR) is 136 cm³/mol. The van der Waals surface area contributed by atoms with Gasteiger partial charge in [-0.25, -0.2) is 19.9 Å². The molecule has 5 aromatic rings. The molecule has 1 aromatic carbocycles. The van der Waals surface area contributed by atoms with E-state index >= 15 is 0 Å². The van der Waals surface area contributed by atoms with E-state index in [0.29, 0.717) is 0 Å². The molecule has 0 unspecified atom stereocenters. The molecule has 0 spiro atoms. The largest absolute Gasteiger partial charge is 0.354 e. The summed E-state index contributed by atoms with van der Waals surface area (Å²) in [6.45, 7) is 10.4. The summed E-state index contributed by atoms with van der Waals surface area (Å²) in [4.78, 5) is 24.5. The van der Waals surface area contributed by atoms with E-state index in [0.717, 1.165) is 76.6 Å². The molecule has 8 nitrogen and oxygen atoms in total. The van der Waals surface area contributed by atoms with Crippen LogP contribution in [0.1, 0.15) is 20.8 Å². The minimum absolute atomic E-state index is 0.0516. The van der Waals surface area contributed by atoms with Crippen LogP contribution in [-0.2, 0) is 5.54 Å². The van der Waals surface area contributed by atoms with Crippen LogP contribution in [0.5, 0.6) is 0 Å². The van der Waals surface area contributed by atoms with Gasteiger partial charge < -0.3 is 19.8 Å². The third kappa shape index (κ3) is 3.60. The number of piperazine rings is 1. The average molecular weight is 453 g/mol. The Hall–Kier alpha value is -3.78. The van der Waals surface area contributed by atoms with Crippen LogP contribution in [0.3, 0.4) is 0 Å². The number of anilines is 1. The van der Waals surface area contributed by atoms with Crippen molar-refractivity contribution in [1.82, 2.24) is 34.8 Å². The number of nitrogens with zero attached hydrogens (tertiary/aromatic N) is 6. The van der Waals surface area contributed by atoms with Gasteiger partial charge in [0.1, 0.15) is 11.3 Å². The van der Waals surface area contributed by atoms with Crippen LogP contribution in [0.25, 0.3) is 44.6 Å². The van der Waals surface area contributed by atoms with Gasteiger partial charge in [0.05, 0.1) is 29.3 Å². The van der Waals surface area contributed by atoms with Crippen molar-refractivity contribution in [2.75, 3.05) is 31.1 Å². The van der Waals surface area contributed by atoms with E-state index < -0.39 is 0 Å². The van der Waals surface area contributed by atoms with E-state index in [2.05, 4.69) is 79.8 Å². The highest BCUT2D eigenvalue weighted by Gasteiger charge is 2.18. The lowest BCUT2D eigenvalue weighted by Crippen LogP contribution is -2.43. The van der Waals surface area contributed by atoms with Gasteiger partial charge in [0.2, 0.25) is 0 Å². The number of rotatable bonds is 3. The van der Waals surface area contributed by atoms with Crippen LogP contribution in [0.2, 0.25) is 0 Å². The Balaban J connectivity index is 1.42. The Morgan fingerprint density at radius 3 is 2.62 bits per heavy atom. The molecule has 1 fully saturated rings. The van der Waals surface area contributed by atoms with Crippen molar-refractivity contribution in [3.8, 4) is 22.4 Å². The minimum Gasteiger partial charge on any atom is -0.354 e. The van der Waals surface area contributed by atoms with Gasteiger partial charge in [0.25, 0.3) is 0 Å². The second-order valence-corrected chi connectivity index (χ2v) is 9.78. The van der Waals surface area contributed by atoms with Gasteiger partial charge in [-0.2, -0.15) is 0 Å². The highest BCUT2D eigenvalue weighted by atomic mass is 15.2. The molecule has 0 aliphatic carbocycles. The van der Waals surface area contributed by atoms with Crippen LogP contribution in [0.15, 0.2) is 55.2 Å². The molecule has 4 aromatic heterocycles. The zero-order valence-corrected chi connectivity index (χ0v) is 19.7. The minimum atomic E-state index is -0.0516. The Labute approximate surface area is 198 Å². The Bertz CT molecular complexity index is 1480. The van der Waals surface area contributed by atoms with E-state index in [4.69, 9.17) is 4.98 Å². The van der Waals surface area contributed by atoms with Crippen molar-refractivity contribution in [2.45, 2.75) is 26.3 Å². The van der Waals surface area contributed by atoms with Gasteiger partial charge in [-0.3, -0.25) is 0 Å². The lowest BCUT2D eigenvalue weighted by molar-refractivity contribution is 0.408. The molecule has 0 saturated carbocycles. The number of nitrogens with one attached hydrogen (secondary N) is 2. The number of hydrogen-bond acceptors (Lipinski definition) is 6. The molecule has 8 heteroatoms. The number of H-pyrrole nitrogens is 1. The van der Waals surface area contributed by atoms with Crippen molar-refractivity contribution in [2.24, 2.45) is 0 Å². The van der Waals surface area contributed by atoms with Gasteiger partial charge in [-0.05, 0) is 50.6 Å². The lowest BCUT2D eigenvalue weighted by atomic mass is 10.1. The summed E-state index contributed by atoms with van der Waals surface area (Å²) in [5.74, 6) is 0.982. The monoisotopic (exact) mass is 452 g/mol. The molecule has 6 rings (SSSR count). The third-order valence-corrected chi connectivity index (χ3v) is 6.44. The van der Waals surface area contributed by atoms with Crippen LogP contribution in [0, 0.1) is 0 Å². The molecule has 172 valence electrons. The molecular formula is C26H28N8. The van der Waals surface area contributed by atoms with E-state index in [1.54, 1.807) is 0 Å². The topological polar surface area (TPSA) is 87.5 Å². The van der Waals surface area contributed by atoms with E-state index in [1.807, 2.05) is 31.0 Å². The number of aromatic nitrogens is 6. The lowest BCUT2D eigenvalue weighted by Gasteiger charge is -2.28. The maximum atomic E-state index is 5.03. The first-order valence-electron chi connectivity index (χ1n) is 11.7. The fraction of sp³-hybridized carbons (Fsp3) is 0.308. The Kier molecular flexibility index (Phi) is 4.84. The normalized spacial score (nSPS) is 14.9. The summed E-state index contributed by atoms with van der Waals surface area (Å²) >= 11 is 0. The quantitative estimate of drug-likeness (QED) is 0.427. The fourth-order valence-electron chi connectivity index (χ4n) is 4.60. The fourth-order valence-corrected chi connectivity index (χ4v) is 4.60. The summed E-state index contributed by atoms with van der Waals surface area (Å²) in [6.07, 6.45) is 7.60. The smallest absolute Gasteiger partial charge is 0.156 e. The molecule has 5 heterocycles. The Morgan fingerprint density at radius 1 is 0.941 bits per heavy atom. The summed E-state index contributed by atoms with van der Waals surface area (Å²) in [5.41, 5.74) is 7.67. The van der Waals surface area contributed by atoms with Crippen LogP contribution >= 0.6 is 0 Å². The van der Waals surface area contributed by atoms with Crippen LogP contribution in [0.4, 0.5) is 5.82 Å². The van der Waals surface area contributed by atoms with Gasteiger partial charge >= 0.3 is 0 Å².